The fourth-order valence-electron chi connectivity index (χ4n) is 11.4. The molecule has 0 saturated heterocycles. The molecule has 3 heterocycles. The van der Waals surface area contributed by atoms with Crippen molar-refractivity contribution in [2.45, 2.75) is 118 Å². The Balaban J connectivity index is 1.22. The normalized spacial score (nSPS) is 14.7. The molecule has 11 rings (SSSR count). The molecule has 0 aliphatic carbocycles. The fourth-order valence-corrected chi connectivity index (χ4v) is 11.4. The first-order valence-corrected chi connectivity index (χ1v) is 24.9. The largest absolute Gasteiger partial charge is 0.376 e. The van der Waals surface area contributed by atoms with Crippen molar-refractivity contribution in [2.75, 3.05) is 14.6 Å². The topological polar surface area (TPSA) is 9.72 Å². The number of benzene rings is 8. The van der Waals surface area contributed by atoms with E-state index in [0.29, 0.717) is 5.92 Å². The van der Waals surface area contributed by atoms with Crippen LogP contribution in [0.3, 0.4) is 0 Å². The van der Waals surface area contributed by atoms with Crippen molar-refractivity contribution in [3.05, 3.63) is 191 Å². The Kier molecular flexibility index (Phi) is 9.87. The summed E-state index contributed by atoms with van der Waals surface area (Å²) in [5.41, 5.74) is 22.9. The van der Waals surface area contributed by atoms with Crippen LogP contribution in [0.4, 0.5) is 45.5 Å². The second-order valence-electron chi connectivity index (χ2n) is 23.8. The van der Waals surface area contributed by atoms with Gasteiger partial charge in [-0.25, -0.2) is 0 Å². The summed E-state index contributed by atoms with van der Waals surface area (Å²) in [7, 11) is 0. The summed E-state index contributed by atoms with van der Waals surface area (Å²) in [4.78, 5) is 7.83. The average Bonchev–Trinajstić information content (AvgIpc) is 3.30. The summed E-state index contributed by atoms with van der Waals surface area (Å²) in [6.45, 7) is 30.2. The van der Waals surface area contributed by atoms with Gasteiger partial charge >= 0.3 is 6.85 Å². The second-order valence-corrected chi connectivity index (χ2v) is 23.8. The van der Waals surface area contributed by atoms with Crippen LogP contribution < -0.4 is 25.5 Å². The van der Waals surface area contributed by atoms with Crippen molar-refractivity contribution < 1.29 is 0 Å². The quantitative estimate of drug-likeness (QED) is 0.159. The minimum Gasteiger partial charge on any atom is -0.376 e. The van der Waals surface area contributed by atoms with E-state index in [1.807, 2.05) is 0 Å². The zero-order valence-corrected chi connectivity index (χ0v) is 42.5. The second kappa shape index (κ2) is 15.2. The first kappa shape index (κ1) is 44.0. The lowest BCUT2D eigenvalue weighted by Crippen LogP contribution is -2.62. The molecule has 0 radical (unpaired) electrons. The van der Waals surface area contributed by atoms with Crippen LogP contribution in [0.1, 0.15) is 129 Å². The van der Waals surface area contributed by atoms with Crippen molar-refractivity contribution in [3.63, 3.8) is 0 Å². The predicted molar refractivity (Wildman–Crippen MR) is 295 cm³/mol. The number of para-hydroxylation sites is 1. The Bertz CT molecular complexity index is 3240. The monoisotopic (exact) mass is 888 g/mol. The number of hydrogen-bond acceptors (Lipinski definition) is 3. The fraction of sp³-hybridized carbons (Fsp3) is 0.281. The number of nitrogens with zero attached hydrogens (tertiary/aromatic N) is 3. The van der Waals surface area contributed by atoms with E-state index in [0.717, 1.165) is 17.1 Å². The number of anilines is 8. The standard InChI is InChI=1S/C64H66BN3/c1-40(2)43-34-52-51-33-32-49(66(47-28-24-44(25-29-47)61(3,4)5)48-30-26-45(27-31-48)62(6,7)8)39-56(51)68(50-21-16-20-46(38-50)63(9,10)11)65-55-23-17-22-53-60(55)67(58(37-43)59(52)65)57-36-42-19-15-14-18-41(42)35-54(57)64(53,12)13/h14-40H,1-13H3. The van der Waals surface area contributed by atoms with Gasteiger partial charge in [-0.3, -0.25) is 0 Å². The van der Waals surface area contributed by atoms with Crippen LogP contribution in [-0.2, 0) is 21.7 Å². The molecule has 3 nitrogen and oxygen atoms in total. The molecular formula is C64H66BN3. The molecule has 0 saturated carbocycles. The van der Waals surface area contributed by atoms with Crippen LogP contribution in [0.5, 0.6) is 0 Å². The molecule has 0 spiro atoms. The highest BCUT2D eigenvalue weighted by Crippen LogP contribution is 2.56. The minimum atomic E-state index is -0.237. The van der Waals surface area contributed by atoms with Gasteiger partial charge < -0.3 is 14.6 Å². The smallest absolute Gasteiger partial charge is 0.333 e. The lowest BCUT2D eigenvalue weighted by Gasteiger charge is -2.51. The number of hydrogen-bond donors (Lipinski definition) is 0. The highest BCUT2D eigenvalue weighted by Gasteiger charge is 2.50. The predicted octanol–water partition coefficient (Wildman–Crippen LogP) is 16.7. The molecule has 0 aromatic heterocycles. The summed E-state index contributed by atoms with van der Waals surface area (Å²) in [6, 6.07) is 61.2. The van der Waals surface area contributed by atoms with E-state index in [1.165, 1.54) is 94.6 Å². The molecule has 8 aromatic carbocycles. The van der Waals surface area contributed by atoms with Gasteiger partial charge in [0.2, 0.25) is 0 Å². The third-order valence-corrected chi connectivity index (χ3v) is 15.4. The molecule has 4 heteroatoms. The van der Waals surface area contributed by atoms with Gasteiger partial charge in [0.05, 0.1) is 5.69 Å². The van der Waals surface area contributed by atoms with Crippen LogP contribution in [0.2, 0.25) is 0 Å². The van der Waals surface area contributed by atoms with Crippen LogP contribution in [0.25, 0.3) is 21.9 Å². The van der Waals surface area contributed by atoms with E-state index in [1.54, 1.807) is 0 Å². The van der Waals surface area contributed by atoms with E-state index < -0.39 is 0 Å². The Hall–Kier alpha value is -6.52. The molecule has 0 bridgehead atoms. The van der Waals surface area contributed by atoms with Gasteiger partial charge in [0.25, 0.3) is 0 Å². The highest BCUT2D eigenvalue weighted by atomic mass is 15.2. The molecular weight excluding hydrogens is 822 g/mol. The zero-order chi connectivity index (χ0) is 47.8. The summed E-state index contributed by atoms with van der Waals surface area (Å²) < 4.78 is 0. The van der Waals surface area contributed by atoms with Gasteiger partial charge in [0.1, 0.15) is 0 Å². The van der Waals surface area contributed by atoms with Crippen LogP contribution in [0, 0.1) is 0 Å². The van der Waals surface area contributed by atoms with Gasteiger partial charge in [-0.2, -0.15) is 0 Å². The lowest BCUT2D eigenvalue weighted by molar-refractivity contribution is 0.590. The average molecular weight is 888 g/mol. The number of fused-ring (bicyclic) bond motifs is 7. The maximum absolute atomic E-state index is 2.70. The van der Waals surface area contributed by atoms with Gasteiger partial charge in [0, 0.05) is 50.8 Å². The van der Waals surface area contributed by atoms with Crippen LogP contribution in [-0.4, -0.2) is 6.85 Å². The van der Waals surface area contributed by atoms with Crippen molar-refractivity contribution >= 4 is 74.0 Å². The molecule has 0 fully saturated rings. The Morgan fingerprint density at radius 1 is 0.485 bits per heavy atom. The molecule has 8 aromatic rings. The Labute approximate surface area is 406 Å². The summed E-state index contributed by atoms with van der Waals surface area (Å²) >= 11 is 0. The first-order chi connectivity index (χ1) is 32.2. The van der Waals surface area contributed by atoms with Gasteiger partial charge in [-0.15, -0.1) is 0 Å². The van der Waals surface area contributed by atoms with E-state index in [4.69, 9.17) is 0 Å². The molecule has 0 atom stereocenters. The van der Waals surface area contributed by atoms with E-state index in [-0.39, 0.29) is 28.5 Å². The summed E-state index contributed by atoms with van der Waals surface area (Å²) in [5, 5.41) is 2.55. The third kappa shape index (κ3) is 6.92. The third-order valence-electron chi connectivity index (χ3n) is 15.4. The molecule has 0 N–H and O–H groups in total. The molecule has 3 aliphatic heterocycles. The van der Waals surface area contributed by atoms with Crippen molar-refractivity contribution in [3.8, 4) is 11.1 Å². The Morgan fingerprint density at radius 3 is 1.68 bits per heavy atom. The van der Waals surface area contributed by atoms with Crippen LogP contribution >= 0.6 is 0 Å². The van der Waals surface area contributed by atoms with E-state index in [9.17, 15) is 0 Å². The zero-order valence-electron chi connectivity index (χ0n) is 42.5. The van der Waals surface area contributed by atoms with Gasteiger partial charge in [-0.05, 0) is 150 Å². The Morgan fingerprint density at radius 2 is 1.07 bits per heavy atom. The highest BCUT2D eigenvalue weighted by molar-refractivity contribution is 6.93. The molecule has 3 aliphatic rings. The van der Waals surface area contributed by atoms with E-state index >= 15 is 0 Å². The molecule has 0 amide bonds. The van der Waals surface area contributed by atoms with Crippen LogP contribution in [0.15, 0.2) is 158 Å². The minimum absolute atomic E-state index is 0.0350. The van der Waals surface area contributed by atoms with Gasteiger partial charge in [0.15, 0.2) is 0 Å². The summed E-state index contributed by atoms with van der Waals surface area (Å²) in [5.74, 6) is 0.329. The molecule has 68 heavy (non-hydrogen) atoms. The molecule has 340 valence electrons. The molecule has 0 unspecified atom stereocenters. The summed E-state index contributed by atoms with van der Waals surface area (Å²) in [6.07, 6.45) is 0. The van der Waals surface area contributed by atoms with Gasteiger partial charge in [-0.1, -0.05) is 181 Å². The maximum Gasteiger partial charge on any atom is 0.333 e. The number of rotatable bonds is 5. The SMILES string of the molecule is CC(C)c1cc2c3c(c1)N1c4cc5ccccc5cc4C(C)(C)c4cccc(c41)B3N(c1cccc(C(C)(C)C)c1)c1cc(N(c3ccc(C(C)(C)C)cc3)c3ccc(C(C)(C)C)cc3)ccc1-2. The van der Waals surface area contributed by atoms with Crippen molar-refractivity contribution in [1.29, 1.82) is 0 Å². The first-order valence-electron chi connectivity index (χ1n) is 24.9. The lowest BCUT2D eigenvalue weighted by atomic mass is 9.42. The van der Waals surface area contributed by atoms with E-state index in [2.05, 4.69) is 262 Å². The van der Waals surface area contributed by atoms with Crippen molar-refractivity contribution in [2.24, 2.45) is 0 Å². The van der Waals surface area contributed by atoms with Crippen molar-refractivity contribution in [1.82, 2.24) is 0 Å². The maximum atomic E-state index is 2.70.